The lowest BCUT2D eigenvalue weighted by Gasteiger charge is -2.08. The minimum Gasteiger partial charge on any atom is -0.506 e. The zero-order valence-electron chi connectivity index (χ0n) is 9.04. The summed E-state index contributed by atoms with van der Waals surface area (Å²) in [6.45, 7) is 1.82. The van der Waals surface area contributed by atoms with Crippen LogP contribution in [0.4, 0.5) is 5.69 Å². The van der Waals surface area contributed by atoms with Gasteiger partial charge in [-0.1, -0.05) is 12.1 Å². The smallest absolute Gasteiger partial charge is 0.271 e. The average molecular weight is 269 g/mol. The Kier molecular flexibility index (Phi) is 3.08. The summed E-state index contributed by atoms with van der Waals surface area (Å²) in [5, 5.41) is 11.3. The van der Waals surface area contributed by atoms with Crippen LogP contribution in [0.1, 0.15) is 5.56 Å². The van der Waals surface area contributed by atoms with Crippen molar-refractivity contribution in [3.05, 3.63) is 41.3 Å². The molecule has 0 fully saturated rings. The van der Waals surface area contributed by atoms with Crippen LogP contribution in [0.25, 0.3) is 0 Å². The normalized spacial score (nSPS) is 11.4. The zero-order valence-corrected chi connectivity index (χ0v) is 10.7. The minimum absolute atomic E-state index is 0.0786. The first-order valence-corrected chi connectivity index (χ1v) is 7.21. The molecule has 2 N–H and O–H groups in total. The number of nitrogens with one attached hydrogen (secondary N) is 1. The van der Waals surface area contributed by atoms with E-state index in [2.05, 4.69) is 4.72 Å². The Morgan fingerprint density at radius 1 is 1.29 bits per heavy atom. The molecule has 4 nitrogen and oxygen atoms in total. The minimum atomic E-state index is -3.60. The third-order valence-corrected chi connectivity index (χ3v) is 4.92. The zero-order chi connectivity index (χ0) is 12.5. The fraction of sp³-hybridized carbons (Fsp3) is 0.0909. The number of rotatable bonds is 3. The number of hydrogen-bond acceptors (Lipinski definition) is 4. The standard InChI is InChI=1S/C11H11NO3S2/c1-8-4-5-9(10(13)7-8)12-17(14,15)11-3-2-6-16-11/h2-7,12-13H,1H3. The fourth-order valence-corrected chi connectivity index (χ4v) is 3.41. The molecule has 6 heteroatoms. The molecule has 0 radical (unpaired) electrons. The summed E-state index contributed by atoms with van der Waals surface area (Å²) in [5.41, 5.74) is 1.05. The van der Waals surface area contributed by atoms with Crippen LogP contribution >= 0.6 is 11.3 Å². The molecule has 0 saturated heterocycles. The number of anilines is 1. The second-order valence-electron chi connectivity index (χ2n) is 3.56. The number of thiophene rings is 1. The Balaban J connectivity index is 2.33. The van der Waals surface area contributed by atoms with Gasteiger partial charge in [-0.3, -0.25) is 4.72 Å². The molecule has 0 unspecified atom stereocenters. The number of aromatic hydroxyl groups is 1. The molecule has 0 aliphatic carbocycles. The van der Waals surface area contributed by atoms with Gasteiger partial charge in [-0.05, 0) is 36.1 Å². The van der Waals surface area contributed by atoms with E-state index in [9.17, 15) is 13.5 Å². The lowest BCUT2D eigenvalue weighted by Crippen LogP contribution is -2.11. The average Bonchev–Trinajstić information content (AvgIpc) is 2.76. The van der Waals surface area contributed by atoms with Crippen molar-refractivity contribution in [2.75, 3.05) is 4.72 Å². The van der Waals surface area contributed by atoms with Gasteiger partial charge in [-0.15, -0.1) is 11.3 Å². The first-order valence-electron chi connectivity index (χ1n) is 4.85. The molecule has 0 bridgehead atoms. The molecule has 2 aromatic rings. The lowest BCUT2D eigenvalue weighted by molar-refractivity contribution is 0.477. The molecule has 0 aliphatic rings. The van der Waals surface area contributed by atoms with Gasteiger partial charge >= 0.3 is 0 Å². The van der Waals surface area contributed by atoms with Crippen LogP contribution in [0.5, 0.6) is 5.75 Å². The summed E-state index contributed by atoms with van der Waals surface area (Å²) < 4.78 is 26.3. The Bertz CT molecular complexity index is 618. The van der Waals surface area contributed by atoms with E-state index in [1.165, 1.54) is 18.2 Å². The highest BCUT2D eigenvalue weighted by molar-refractivity contribution is 7.94. The van der Waals surface area contributed by atoms with Gasteiger partial charge in [0.2, 0.25) is 0 Å². The predicted molar refractivity (Wildman–Crippen MR) is 68.0 cm³/mol. The van der Waals surface area contributed by atoms with Crippen LogP contribution in [0.3, 0.4) is 0 Å². The van der Waals surface area contributed by atoms with Gasteiger partial charge in [0.05, 0.1) is 5.69 Å². The summed E-state index contributed by atoms with van der Waals surface area (Å²) in [5.74, 6) is -0.0786. The quantitative estimate of drug-likeness (QED) is 0.842. The first-order chi connectivity index (χ1) is 7.99. The van der Waals surface area contributed by atoms with Crippen molar-refractivity contribution in [3.63, 3.8) is 0 Å². The van der Waals surface area contributed by atoms with E-state index in [4.69, 9.17) is 0 Å². The second kappa shape index (κ2) is 4.38. The molecule has 0 spiro atoms. The Morgan fingerprint density at radius 2 is 2.06 bits per heavy atom. The predicted octanol–water partition coefficient (Wildman–Crippen LogP) is 2.56. The number of benzene rings is 1. The largest absolute Gasteiger partial charge is 0.506 e. The van der Waals surface area contributed by atoms with Gasteiger partial charge < -0.3 is 5.11 Å². The summed E-state index contributed by atoms with van der Waals surface area (Å²) >= 11 is 1.13. The summed E-state index contributed by atoms with van der Waals surface area (Å²) in [6.07, 6.45) is 0. The highest BCUT2D eigenvalue weighted by Gasteiger charge is 2.16. The van der Waals surface area contributed by atoms with E-state index >= 15 is 0 Å². The molecule has 1 aromatic carbocycles. The number of phenols is 1. The van der Waals surface area contributed by atoms with E-state index in [0.717, 1.165) is 16.9 Å². The number of sulfonamides is 1. The first kappa shape index (κ1) is 11.9. The third-order valence-electron chi connectivity index (χ3n) is 2.16. The maximum absolute atomic E-state index is 11.9. The van der Waals surface area contributed by atoms with E-state index in [-0.39, 0.29) is 15.6 Å². The van der Waals surface area contributed by atoms with Crippen molar-refractivity contribution in [1.29, 1.82) is 0 Å². The van der Waals surface area contributed by atoms with Crippen molar-refractivity contribution in [3.8, 4) is 5.75 Å². The van der Waals surface area contributed by atoms with Crippen molar-refractivity contribution in [2.45, 2.75) is 11.1 Å². The highest BCUT2D eigenvalue weighted by Crippen LogP contribution is 2.27. The van der Waals surface area contributed by atoms with Crippen LogP contribution in [0.2, 0.25) is 0 Å². The van der Waals surface area contributed by atoms with E-state index in [0.29, 0.717) is 0 Å². The molecule has 2 rings (SSSR count). The fourth-order valence-electron chi connectivity index (χ4n) is 1.34. The van der Waals surface area contributed by atoms with Crippen LogP contribution in [-0.2, 0) is 10.0 Å². The summed E-state index contributed by atoms with van der Waals surface area (Å²) in [6, 6.07) is 7.95. The second-order valence-corrected chi connectivity index (χ2v) is 6.42. The van der Waals surface area contributed by atoms with E-state index in [1.54, 1.807) is 17.5 Å². The maximum atomic E-state index is 11.9. The highest BCUT2D eigenvalue weighted by atomic mass is 32.2. The van der Waals surface area contributed by atoms with Crippen LogP contribution in [-0.4, -0.2) is 13.5 Å². The van der Waals surface area contributed by atoms with Gasteiger partial charge in [-0.2, -0.15) is 0 Å². The van der Waals surface area contributed by atoms with Gasteiger partial charge in [-0.25, -0.2) is 8.42 Å². The molecule has 0 aliphatic heterocycles. The van der Waals surface area contributed by atoms with Crippen LogP contribution in [0.15, 0.2) is 39.9 Å². The topological polar surface area (TPSA) is 66.4 Å². The Labute approximate surface area is 104 Å². The van der Waals surface area contributed by atoms with Gasteiger partial charge in [0.15, 0.2) is 0 Å². The van der Waals surface area contributed by atoms with Crippen molar-refractivity contribution in [2.24, 2.45) is 0 Å². The molecule has 17 heavy (non-hydrogen) atoms. The van der Waals surface area contributed by atoms with E-state index < -0.39 is 10.0 Å². The molecular formula is C11H11NO3S2. The molecule has 1 aromatic heterocycles. The lowest BCUT2D eigenvalue weighted by atomic mass is 10.2. The number of hydrogen-bond donors (Lipinski definition) is 2. The maximum Gasteiger partial charge on any atom is 0.271 e. The number of aryl methyl sites for hydroxylation is 1. The van der Waals surface area contributed by atoms with Crippen molar-refractivity contribution < 1.29 is 13.5 Å². The SMILES string of the molecule is Cc1ccc(NS(=O)(=O)c2cccs2)c(O)c1. The van der Waals surface area contributed by atoms with Crippen LogP contribution in [0, 0.1) is 6.92 Å². The van der Waals surface area contributed by atoms with E-state index in [1.807, 2.05) is 6.92 Å². The molecule has 1 heterocycles. The Morgan fingerprint density at radius 3 is 2.65 bits per heavy atom. The molecule has 90 valence electrons. The monoisotopic (exact) mass is 269 g/mol. The summed E-state index contributed by atoms with van der Waals surface area (Å²) in [4.78, 5) is 0. The van der Waals surface area contributed by atoms with Gasteiger partial charge in [0, 0.05) is 0 Å². The van der Waals surface area contributed by atoms with Crippen molar-refractivity contribution in [1.82, 2.24) is 0 Å². The van der Waals surface area contributed by atoms with Crippen molar-refractivity contribution >= 4 is 27.0 Å². The molecule has 0 saturated carbocycles. The summed E-state index contributed by atoms with van der Waals surface area (Å²) in [7, 11) is -3.60. The molecular weight excluding hydrogens is 258 g/mol. The molecule has 0 atom stereocenters. The van der Waals surface area contributed by atoms with Gasteiger partial charge in [0.1, 0.15) is 9.96 Å². The van der Waals surface area contributed by atoms with Gasteiger partial charge in [0.25, 0.3) is 10.0 Å². The third kappa shape index (κ3) is 2.59. The molecule has 0 amide bonds. The Hall–Kier alpha value is -1.53. The number of phenolic OH excluding ortho intramolecular Hbond substituents is 1. The van der Waals surface area contributed by atoms with Crippen LogP contribution < -0.4 is 4.72 Å².